The minimum atomic E-state index is -7.63. The van der Waals surface area contributed by atoms with Gasteiger partial charge in [0, 0.05) is 0 Å². The second-order valence-electron chi connectivity index (χ2n) is 2.27. The number of halogens is 10. The van der Waals surface area contributed by atoms with E-state index in [-0.39, 0.29) is 29.6 Å². The fourth-order valence-corrected chi connectivity index (χ4v) is 0.395. The van der Waals surface area contributed by atoms with Gasteiger partial charge in [0.15, 0.2) is 0 Å². The van der Waals surface area contributed by atoms with E-state index in [1.54, 1.807) is 0 Å². The van der Waals surface area contributed by atoms with Crippen molar-refractivity contribution in [1.29, 1.82) is 0 Å². The Labute approximate surface area is 98.3 Å². The molecule has 0 amide bonds. The topological polar surface area (TPSA) is 0 Å². The van der Waals surface area contributed by atoms with Crippen LogP contribution >= 0.6 is 0 Å². The molecule has 0 unspecified atom stereocenters. The van der Waals surface area contributed by atoms with Crippen LogP contribution in [0.1, 0.15) is 0 Å². The number of rotatable bonds is 2. The molecule has 0 aromatic carbocycles. The zero-order valence-corrected chi connectivity index (χ0v) is 8.86. The van der Waals surface area contributed by atoms with Gasteiger partial charge in [-0.15, -0.1) is 0 Å². The molecule has 86 valence electrons. The van der Waals surface area contributed by atoms with Gasteiger partial charge >= 0.3 is 48.6 Å². The smallest absolute Gasteiger partial charge is 0.445 e. The minimum absolute atomic E-state index is 0. The molecule has 0 saturated heterocycles. The van der Waals surface area contributed by atoms with Crippen molar-refractivity contribution < 1.29 is 73.2 Å². The third kappa shape index (κ3) is 2.93. The third-order valence-electron chi connectivity index (χ3n) is 1.19. The fourth-order valence-electron chi connectivity index (χ4n) is 0.395. The zero-order valence-electron chi connectivity index (χ0n) is 6.86. The van der Waals surface area contributed by atoms with Crippen LogP contribution in [0.15, 0.2) is 0 Å². The van der Waals surface area contributed by atoms with Crippen LogP contribution in [0.2, 0.25) is 0 Å². The average Bonchev–Trinajstić information content (AvgIpc) is 1.81. The number of hydrogen-bond donors (Lipinski definition) is 0. The largest absolute Gasteiger partial charge is 1.00 e. The Balaban J connectivity index is 0. The Hall–Kier alpha value is 0.365. The molecule has 0 heterocycles. The summed E-state index contributed by atoms with van der Waals surface area (Å²) < 4.78 is 114. The van der Waals surface area contributed by atoms with Gasteiger partial charge in [-0.25, -0.2) is 8.78 Å². The van der Waals surface area contributed by atoms with Crippen LogP contribution in [0, 0.1) is 0 Å². The van der Waals surface area contributed by atoms with Crippen LogP contribution in [-0.4, -0.2) is 24.9 Å². The number of hydrogen-bond acceptors (Lipinski definition) is 0. The Morgan fingerprint density at radius 1 is 0.667 bits per heavy atom. The van der Waals surface area contributed by atoms with Gasteiger partial charge in [0.05, 0.1) is 0 Å². The first kappa shape index (κ1) is 17.8. The summed E-state index contributed by atoms with van der Waals surface area (Å²) in [5.74, 6) is -14.2. The normalized spacial score (nSPS) is 14.8. The van der Waals surface area contributed by atoms with Crippen molar-refractivity contribution in [1.82, 2.24) is 0 Å². The molecule has 0 radical (unpaired) electrons. The van der Waals surface area contributed by atoms with Crippen molar-refractivity contribution in [3.63, 3.8) is 0 Å². The molecule has 0 N–H and O–H groups in total. The molecule has 0 saturated carbocycles. The van der Waals surface area contributed by atoms with Crippen molar-refractivity contribution in [3.05, 3.63) is 0 Å². The summed E-state index contributed by atoms with van der Waals surface area (Å²) in [5, 5.41) is 0. The maximum absolute atomic E-state index is 11.6. The molecule has 0 aliphatic rings. The Kier molecular flexibility index (Phi) is 5.11. The van der Waals surface area contributed by atoms with E-state index in [0.717, 1.165) is 0 Å². The van der Waals surface area contributed by atoms with E-state index >= 15 is 0 Å². The van der Waals surface area contributed by atoms with Crippen molar-refractivity contribution in [2.24, 2.45) is 0 Å². The Bertz CT molecular complexity index is 190. The molecule has 0 nitrogen and oxygen atoms in total. The van der Waals surface area contributed by atoms with E-state index in [4.69, 9.17) is 0 Å². The summed E-state index contributed by atoms with van der Waals surface area (Å²) in [7, 11) is 0. The maximum Gasteiger partial charge on any atom is 1.00 e. The summed E-state index contributed by atoms with van der Waals surface area (Å²) in [5.41, 5.74) is 0. The van der Waals surface area contributed by atoms with Gasteiger partial charge in [0.2, 0.25) is 0 Å². The molecule has 0 rings (SSSR count). The molecule has 0 aliphatic heterocycles. The van der Waals surface area contributed by atoms with E-state index in [9.17, 15) is 43.7 Å². The molecule has 12 heteroatoms. The molecule has 0 aliphatic carbocycles. The molecular formula is C3BF10Na. The first-order chi connectivity index (χ1) is 5.75. The summed E-state index contributed by atoms with van der Waals surface area (Å²) >= 11 is 0. The van der Waals surface area contributed by atoms with Crippen LogP contribution in [0.5, 0.6) is 0 Å². The van der Waals surface area contributed by atoms with E-state index in [1.807, 2.05) is 0 Å². The molecule has 0 aromatic rings. The van der Waals surface area contributed by atoms with E-state index < -0.39 is 24.9 Å². The summed E-state index contributed by atoms with van der Waals surface area (Å²) in [6, 6.07) is 0. The van der Waals surface area contributed by atoms with Crippen LogP contribution in [-0.2, 0) is 0 Å². The Morgan fingerprint density at radius 3 is 1.00 bits per heavy atom. The maximum atomic E-state index is 11.6. The molecular weight excluding hydrogens is 260 g/mol. The quantitative estimate of drug-likeness (QED) is 0.491. The standard InChI is InChI=1S/C3BF10.Na/c5-1(6,3(9,10)11)2(7,8)4(12,13)14;/q-1;+1. The van der Waals surface area contributed by atoms with Crippen LogP contribution < -0.4 is 29.6 Å². The SMILES string of the molecule is F[B-](F)(F)C(F)(F)C(F)(F)C(F)(F)F.[Na+]. The van der Waals surface area contributed by atoms with Gasteiger partial charge < -0.3 is 12.9 Å². The minimum Gasteiger partial charge on any atom is -0.445 e. The predicted molar refractivity (Wildman–Crippen MR) is 25.0 cm³/mol. The Morgan fingerprint density at radius 2 is 0.933 bits per heavy atom. The number of alkyl halides is 7. The average molecular weight is 260 g/mol. The molecule has 15 heavy (non-hydrogen) atoms. The van der Waals surface area contributed by atoms with Crippen molar-refractivity contribution >= 4 is 6.98 Å². The summed E-state index contributed by atoms with van der Waals surface area (Å²) in [6.45, 7) is -7.63. The zero-order chi connectivity index (χ0) is 12.0. The third-order valence-corrected chi connectivity index (χ3v) is 1.19. The van der Waals surface area contributed by atoms with E-state index in [2.05, 4.69) is 0 Å². The molecule has 0 fully saturated rings. The first-order valence-electron chi connectivity index (χ1n) is 2.77. The van der Waals surface area contributed by atoms with Gasteiger partial charge in [-0.1, -0.05) is 0 Å². The summed E-state index contributed by atoms with van der Waals surface area (Å²) in [4.78, 5) is 0. The van der Waals surface area contributed by atoms with Crippen molar-refractivity contribution in [2.45, 2.75) is 17.9 Å². The van der Waals surface area contributed by atoms with Crippen LogP contribution in [0.3, 0.4) is 0 Å². The van der Waals surface area contributed by atoms with E-state index in [1.165, 1.54) is 0 Å². The second-order valence-corrected chi connectivity index (χ2v) is 2.27. The predicted octanol–water partition coefficient (Wildman–Crippen LogP) is 0.210. The summed E-state index contributed by atoms with van der Waals surface area (Å²) in [6.07, 6.45) is -6.95. The molecule has 0 bridgehead atoms. The second kappa shape index (κ2) is 4.32. The van der Waals surface area contributed by atoms with Gasteiger partial charge in [-0.2, -0.15) is 22.0 Å². The van der Waals surface area contributed by atoms with Gasteiger partial charge in [0.25, 0.3) is 5.82 Å². The van der Waals surface area contributed by atoms with Gasteiger partial charge in [0.1, 0.15) is 0 Å². The van der Waals surface area contributed by atoms with E-state index in [0.29, 0.717) is 0 Å². The molecule has 0 atom stereocenters. The first-order valence-corrected chi connectivity index (χ1v) is 2.77. The van der Waals surface area contributed by atoms with Crippen molar-refractivity contribution in [2.75, 3.05) is 0 Å². The van der Waals surface area contributed by atoms with Gasteiger partial charge in [-0.3, -0.25) is 0 Å². The van der Waals surface area contributed by atoms with Crippen LogP contribution in [0.4, 0.5) is 43.7 Å². The van der Waals surface area contributed by atoms with Gasteiger partial charge in [-0.05, 0) is 0 Å². The monoisotopic (exact) mass is 260 g/mol. The van der Waals surface area contributed by atoms with Crippen molar-refractivity contribution in [3.8, 4) is 0 Å². The van der Waals surface area contributed by atoms with Crippen LogP contribution in [0.25, 0.3) is 0 Å². The fraction of sp³-hybridized carbons (Fsp3) is 1.00. The molecule has 0 aromatic heterocycles. The molecule has 0 spiro atoms.